The minimum atomic E-state index is -0.596. The third kappa shape index (κ3) is 4.04. The number of carbonyl (C=O) groups excluding carboxylic acids is 2. The first-order chi connectivity index (χ1) is 12.3. The number of hydrogen-bond donors (Lipinski definition) is 0. The molecule has 0 spiro atoms. The van der Waals surface area contributed by atoms with Crippen LogP contribution in [0.1, 0.15) is 38.8 Å². The first-order valence-corrected chi connectivity index (χ1v) is 8.40. The lowest BCUT2D eigenvalue weighted by molar-refractivity contribution is 0.0674. The van der Waals surface area contributed by atoms with E-state index in [0.717, 1.165) is 11.1 Å². The molecule has 1 unspecified atom stereocenters. The topological polar surface area (TPSA) is 55.8 Å². The van der Waals surface area contributed by atoms with Crippen molar-refractivity contribution in [3.8, 4) is 11.5 Å². The van der Waals surface area contributed by atoms with Gasteiger partial charge in [-0.2, -0.15) is 0 Å². The van der Waals surface area contributed by atoms with Gasteiger partial charge in [0.05, 0.1) is 20.3 Å². The zero-order valence-corrected chi connectivity index (χ0v) is 16.1. The van der Waals surface area contributed by atoms with Gasteiger partial charge in [-0.1, -0.05) is 12.1 Å². The van der Waals surface area contributed by atoms with Crippen LogP contribution in [0.15, 0.2) is 36.4 Å². The standard InChI is InChI=1S/C21H25NO4/c1-13-7-8-16(9-14(13)2)20(23)15(3)22(4)21(24)17-10-18(25-5)12-19(11-17)26-6/h7-12,15H,1-6H3. The van der Waals surface area contributed by atoms with E-state index in [1.165, 1.54) is 19.1 Å². The molecule has 0 heterocycles. The molecule has 0 aliphatic rings. The molecule has 1 atom stereocenters. The average molecular weight is 355 g/mol. The Morgan fingerprint density at radius 3 is 1.96 bits per heavy atom. The van der Waals surface area contributed by atoms with Crippen LogP contribution in [0.25, 0.3) is 0 Å². The van der Waals surface area contributed by atoms with E-state index in [2.05, 4.69) is 0 Å². The largest absolute Gasteiger partial charge is 0.497 e. The SMILES string of the molecule is COc1cc(OC)cc(C(=O)N(C)C(C)C(=O)c2ccc(C)c(C)c2)c1. The van der Waals surface area contributed by atoms with Gasteiger partial charge in [0, 0.05) is 24.2 Å². The number of amides is 1. The van der Waals surface area contributed by atoms with Crippen LogP contribution in [0.5, 0.6) is 11.5 Å². The Balaban J connectivity index is 2.26. The second kappa shape index (κ2) is 8.04. The highest BCUT2D eigenvalue weighted by Crippen LogP contribution is 2.24. The maximum absolute atomic E-state index is 12.8. The van der Waals surface area contributed by atoms with Crippen LogP contribution in [-0.4, -0.2) is 43.9 Å². The Bertz CT molecular complexity index is 807. The van der Waals surface area contributed by atoms with Gasteiger partial charge in [-0.15, -0.1) is 0 Å². The van der Waals surface area contributed by atoms with E-state index < -0.39 is 6.04 Å². The van der Waals surface area contributed by atoms with Gasteiger partial charge in [0.2, 0.25) is 0 Å². The van der Waals surface area contributed by atoms with Crippen molar-refractivity contribution in [1.82, 2.24) is 4.90 Å². The summed E-state index contributed by atoms with van der Waals surface area (Å²) in [6.07, 6.45) is 0. The van der Waals surface area contributed by atoms with Crippen molar-refractivity contribution in [3.63, 3.8) is 0 Å². The zero-order chi connectivity index (χ0) is 19.4. The maximum atomic E-state index is 12.8. The van der Waals surface area contributed by atoms with Crippen LogP contribution < -0.4 is 9.47 Å². The van der Waals surface area contributed by atoms with Crippen molar-refractivity contribution >= 4 is 11.7 Å². The number of ketones is 1. The van der Waals surface area contributed by atoms with Crippen molar-refractivity contribution in [2.24, 2.45) is 0 Å². The molecule has 2 aromatic carbocycles. The number of likely N-dealkylation sites (N-methyl/N-ethyl adjacent to an activating group) is 1. The Labute approximate surface area is 154 Å². The first kappa shape index (κ1) is 19.5. The van der Waals surface area contributed by atoms with Crippen molar-refractivity contribution < 1.29 is 19.1 Å². The van der Waals surface area contributed by atoms with Crippen LogP contribution in [0, 0.1) is 13.8 Å². The molecule has 1 amide bonds. The predicted octanol–water partition coefficient (Wildman–Crippen LogP) is 3.66. The smallest absolute Gasteiger partial charge is 0.254 e. The van der Waals surface area contributed by atoms with Crippen molar-refractivity contribution in [3.05, 3.63) is 58.7 Å². The molecular weight excluding hydrogens is 330 g/mol. The van der Waals surface area contributed by atoms with Crippen LogP contribution >= 0.6 is 0 Å². The first-order valence-electron chi connectivity index (χ1n) is 8.40. The summed E-state index contributed by atoms with van der Waals surface area (Å²) >= 11 is 0. The van der Waals surface area contributed by atoms with E-state index in [4.69, 9.17) is 9.47 Å². The summed E-state index contributed by atoms with van der Waals surface area (Å²) < 4.78 is 10.4. The molecule has 0 aliphatic heterocycles. The van der Waals surface area contributed by atoms with Crippen molar-refractivity contribution in [1.29, 1.82) is 0 Å². The summed E-state index contributed by atoms with van der Waals surface area (Å²) in [7, 11) is 4.68. The van der Waals surface area contributed by atoms with E-state index in [0.29, 0.717) is 22.6 Å². The van der Waals surface area contributed by atoms with Gasteiger partial charge >= 0.3 is 0 Å². The Morgan fingerprint density at radius 2 is 1.46 bits per heavy atom. The molecule has 0 N–H and O–H groups in total. The molecule has 0 fully saturated rings. The van der Waals surface area contributed by atoms with Gasteiger partial charge in [-0.05, 0) is 50.1 Å². The number of hydrogen-bond acceptors (Lipinski definition) is 4. The lowest BCUT2D eigenvalue weighted by Crippen LogP contribution is -2.40. The summed E-state index contributed by atoms with van der Waals surface area (Å²) in [6.45, 7) is 5.69. The van der Waals surface area contributed by atoms with Crippen LogP contribution in [-0.2, 0) is 0 Å². The lowest BCUT2D eigenvalue weighted by Gasteiger charge is -2.24. The Morgan fingerprint density at radius 1 is 0.885 bits per heavy atom. The molecule has 5 nitrogen and oxygen atoms in total. The van der Waals surface area contributed by atoms with Crippen molar-refractivity contribution in [2.75, 3.05) is 21.3 Å². The number of methoxy groups -OCH3 is 2. The maximum Gasteiger partial charge on any atom is 0.254 e. The van der Waals surface area contributed by atoms with Gasteiger partial charge in [-0.25, -0.2) is 0 Å². The molecule has 2 rings (SSSR count). The summed E-state index contributed by atoms with van der Waals surface area (Å²) in [4.78, 5) is 27.1. The summed E-state index contributed by atoms with van der Waals surface area (Å²) in [5, 5.41) is 0. The fraction of sp³-hybridized carbons (Fsp3) is 0.333. The number of Topliss-reactive ketones (excluding diaryl/α,β-unsaturated/α-hetero) is 1. The zero-order valence-electron chi connectivity index (χ0n) is 16.1. The average Bonchev–Trinajstić information content (AvgIpc) is 2.67. The summed E-state index contributed by atoms with van der Waals surface area (Å²) in [5.74, 6) is 0.675. The molecule has 5 heteroatoms. The van der Waals surface area contributed by atoms with Crippen LogP contribution in [0.4, 0.5) is 0 Å². The number of nitrogens with zero attached hydrogens (tertiary/aromatic N) is 1. The highest BCUT2D eigenvalue weighted by molar-refractivity contribution is 6.04. The third-order valence-corrected chi connectivity index (χ3v) is 4.67. The van der Waals surface area contributed by atoms with E-state index in [1.54, 1.807) is 38.2 Å². The minimum Gasteiger partial charge on any atom is -0.497 e. The number of carbonyl (C=O) groups is 2. The van der Waals surface area contributed by atoms with E-state index >= 15 is 0 Å². The monoisotopic (exact) mass is 355 g/mol. The summed E-state index contributed by atoms with van der Waals surface area (Å²) in [5.41, 5.74) is 3.18. The molecule has 2 aromatic rings. The highest BCUT2D eigenvalue weighted by Gasteiger charge is 2.25. The number of ether oxygens (including phenoxy) is 2. The normalized spacial score (nSPS) is 11.6. The van der Waals surface area contributed by atoms with Gasteiger partial charge in [-0.3, -0.25) is 9.59 Å². The van der Waals surface area contributed by atoms with Crippen LogP contribution in [0.3, 0.4) is 0 Å². The molecule has 0 bridgehead atoms. The predicted molar refractivity (Wildman–Crippen MR) is 101 cm³/mol. The molecular formula is C21H25NO4. The van der Waals surface area contributed by atoms with Gasteiger partial charge in [0.1, 0.15) is 11.5 Å². The third-order valence-electron chi connectivity index (χ3n) is 4.67. The second-order valence-corrected chi connectivity index (χ2v) is 6.36. The quantitative estimate of drug-likeness (QED) is 0.742. The highest BCUT2D eigenvalue weighted by atomic mass is 16.5. The number of benzene rings is 2. The molecule has 0 aliphatic carbocycles. The molecule has 138 valence electrons. The van der Waals surface area contributed by atoms with E-state index in [9.17, 15) is 9.59 Å². The molecule has 0 aromatic heterocycles. The Kier molecular flexibility index (Phi) is 6.03. The van der Waals surface area contributed by atoms with Crippen LogP contribution in [0.2, 0.25) is 0 Å². The van der Waals surface area contributed by atoms with Gasteiger partial charge in [0.15, 0.2) is 5.78 Å². The van der Waals surface area contributed by atoms with E-state index in [-0.39, 0.29) is 11.7 Å². The van der Waals surface area contributed by atoms with E-state index in [1.807, 2.05) is 26.0 Å². The fourth-order valence-corrected chi connectivity index (χ4v) is 2.62. The second-order valence-electron chi connectivity index (χ2n) is 6.36. The van der Waals surface area contributed by atoms with Crippen molar-refractivity contribution in [2.45, 2.75) is 26.8 Å². The number of rotatable bonds is 6. The summed E-state index contributed by atoms with van der Waals surface area (Å²) in [6, 6.07) is 9.95. The Hall–Kier alpha value is -2.82. The minimum absolute atomic E-state index is 0.0983. The fourth-order valence-electron chi connectivity index (χ4n) is 2.62. The molecule has 0 saturated carbocycles. The molecule has 0 radical (unpaired) electrons. The lowest BCUT2D eigenvalue weighted by atomic mass is 9.99. The van der Waals surface area contributed by atoms with Gasteiger partial charge in [0.25, 0.3) is 5.91 Å². The van der Waals surface area contributed by atoms with Gasteiger partial charge < -0.3 is 14.4 Å². The molecule has 0 saturated heterocycles. The molecule has 26 heavy (non-hydrogen) atoms. The number of aryl methyl sites for hydroxylation is 2.